The number of likely N-dealkylation sites (tertiary alicyclic amines) is 1. The van der Waals surface area contributed by atoms with E-state index >= 15 is 0 Å². The number of nitrogens with one attached hydrogen (secondary N) is 1. The second kappa shape index (κ2) is 6.83. The second-order valence-electron chi connectivity index (χ2n) is 4.61. The van der Waals surface area contributed by atoms with Crippen molar-refractivity contribution in [1.29, 1.82) is 0 Å². The molecule has 0 spiro atoms. The Morgan fingerprint density at radius 2 is 2.33 bits per heavy atom. The van der Waals surface area contributed by atoms with Crippen LogP contribution in [0.1, 0.15) is 39.5 Å². The van der Waals surface area contributed by atoms with E-state index in [0.717, 1.165) is 25.4 Å². The third-order valence-corrected chi connectivity index (χ3v) is 3.04. The lowest BCUT2D eigenvalue weighted by molar-refractivity contribution is -0.120. The molecule has 0 radical (unpaired) electrons. The number of amides is 1. The second-order valence-corrected chi connectivity index (χ2v) is 4.61. The highest BCUT2D eigenvalue weighted by Gasteiger charge is 2.15. The van der Waals surface area contributed by atoms with Gasteiger partial charge in [0.1, 0.15) is 0 Å². The fourth-order valence-electron chi connectivity index (χ4n) is 2.15. The molecular formula is C12H24N2O. The van der Waals surface area contributed by atoms with Gasteiger partial charge >= 0.3 is 0 Å². The molecule has 0 bridgehead atoms. The normalized spacial score (nSPS) is 22.7. The average Bonchev–Trinajstić information content (AvgIpc) is 2.24. The summed E-state index contributed by atoms with van der Waals surface area (Å²) in [6.45, 7) is 8.66. The lowest BCUT2D eigenvalue weighted by Crippen LogP contribution is -2.36. The van der Waals surface area contributed by atoms with E-state index in [2.05, 4.69) is 17.1 Å². The molecule has 0 aromatic rings. The molecule has 1 N–H and O–H groups in total. The predicted octanol–water partition coefficient (Wildman–Crippen LogP) is 1.63. The van der Waals surface area contributed by atoms with Gasteiger partial charge < -0.3 is 10.2 Å². The van der Waals surface area contributed by atoms with Crippen LogP contribution in [0.5, 0.6) is 0 Å². The van der Waals surface area contributed by atoms with E-state index in [1.165, 1.54) is 25.9 Å². The minimum atomic E-state index is 0.169. The summed E-state index contributed by atoms with van der Waals surface area (Å²) >= 11 is 0. The molecule has 15 heavy (non-hydrogen) atoms. The van der Waals surface area contributed by atoms with Crippen LogP contribution < -0.4 is 5.32 Å². The molecule has 1 fully saturated rings. The first-order valence-electron chi connectivity index (χ1n) is 6.21. The molecule has 0 aromatic carbocycles. The van der Waals surface area contributed by atoms with Crippen LogP contribution in [0.3, 0.4) is 0 Å². The first-order valence-corrected chi connectivity index (χ1v) is 6.21. The molecule has 1 aliphatic rings. The third kappa shape index (κ3) is 5.17. The number of carbonyl (C=O) groups is 1. The van der Waals surface area contributed by atoms with Gasteiger partial charge in [-0.2, -0.15) is 0 Å². The highest BCUT2D eigenvalue weighted by Crippen LogP contribution is 2.15. The van der Waals surface area contributed by atoms with Crippen molar-refractivity contribution in [3.8, 4) is 0 Å². The van der Waals surface area contributed by atoms with Gasteiger partial charge in [-0.3, -0.25) is 4.79 Å². The highest BCUT2D eigenvalue weighted by molar-refractivity contribution is 5.75. The fraction of sp³-hybridized carbons (Fsp3) is 0.917. The van der Waals surface area contributed by atoms with Gasteiger partial charge in [0, 0.05) is 19.5 Å². The van der Waals surface area contributed by atoms with Gasteiger partial charge in [0.25, 0.3) is 0 Å². The van der Waals surface area contributed by atoms with E-state index in [4.69, 9.17) is 0 Å². The fourth-order valence-corrected chi connectivity index (χ4v) is 2.15. The van der Waals surface area contributed by atoms with E-state index in [1.807, 2.05) is 6.92 Å². The maximum atomic E-state index is 11.0. The molecule has 88 valence electrons. The molecule has 3 heteroatoms. The quantitative estimate of drug-likeness (QED) is 0.703. The molecule has 0 saturated carbocycles. The Morgan fingerprint density at radius 1 is 1.53 bits per heavy atom. The molecule has 1 heterocycles. The van der Waals surface area contributed by atoms with Crippen LogP contribution >= 0.6 is 0 Å². The molecule has 0 aromatic heterocycles. The van der Waals surface area contributed by atoms with Crippen LogP contribution in [0, 0.1) is 5.92 Å². The third-order valence-electron chi connectivity index (χ3n) is 3.04. The van der Waals surface area contributed by atoms with Crippen molar-refractivity contribution in [1.82, 2.24) is 10.2 Å². The molecule has 3 nitrogen and oxygen atoms in total. The Labute approximate surface area is 93.2 Å². The summed E-state index contributed by atoms with van der Waals surface area (Å²) in [4.78, 5) is 13.5. The monoisotopic (exact) mass is 212 g/mol. The smallest absolute Gasteiger partial charge is 0.219 e. The molecule has 1 amide bonds. The molecule has 1 saturated heterocycles. The summed E-state index contributed by atoms with van der Waals surface area (Å²) in [5.74, 6) is 1.02. The van der Waals surface area contributed by atoms with Gasteiger partial charge in [0.15, 0.2) is 0 Å². The van der Waals surface area contributed by atoms with Crippen LogP contribution in [0.4, 0.5) is 0 Å². The molecule has 1 atom stereocenters. The average molecular weight is 212 g/mol. The molecule has 1 rings (SSSR count). The number of carbonyl (C=O) groups excluding carboxylic acids is 1. The van der Waals surface area contributed by atoms with Crippen LogP contribution in [0.25, 0.3) is 0 Å². The van der Waals surface area contributed by atoms with Crippen LogP contribution in [-0.2, 0) is 4.79 Å². The zero-order chi connectivity index (χ0) is 11.1. The summed E-state index contributed by atoms with van der Waals surface area (Å²) in [5, 5.41) is 2.92. The molecule has 1 aliphatic heterocycles. The van der Waals surface area contributed by atoms with Crippen molar-refractivity contribution in [2.75, 3.05) is 26.2 Å². The summed E-state index contributed by atoms with van der Waals surface area (Å²) < 4.78 is 0. The van der Waals surface area contributed by atoms with Crippen LogP contribution in [-0.4, -0.2) is 37.0 Å². The molecule has 0 unspecified atom stereocenters. The van der Waals surface area contributed by atoms with E-state index in [9.17, 15) is 4.79 Å². The summed E-state index contributed by atoms with van der Waals surface area (Å²) in [7, 11) is 0. The van der Waals surface area contributed by atoms with Crippen molar-refractivity contribution >= 4 is 5.91 Å². The van der Waals surface area contributed by atoms with E-state index in [0.29, 0.717) is 6.42 Å². The standard InChI is InChI=1S/C12H24N2O/c1-3-12(15)13-7-5-9-14-8-4-6-11(2)10-14/h11H,3-10H2,1-2H3,(H,13,15)/t11-/m1/s1. The van der Waals surface area contributed by atoms with Crippen molar-refractivity contribution in [3.63, 3.8) is 0 Å². The summed E-state index contributed by atoms with van der Waals surface area (Å²) in [6, 6.07) is 0. The van der Waals surface area contributed by atoms with Gasteiger partial charge in [0.2, 0.25) is 5.91 Å². The minimum absolute atomic E-state index is 0.169. The number of hydrogen-bond donors (Lipinski definition) is 1. The molecule has 0 aliphatic carbocycles. The lowest BCUT2D eigenvalue weighted by atomic mass is 10.0. The van der Waals surface area contributed by atoms with Crippen molar-refractivity contribution < 1.29 is 4.79 Å². The van der Waals surface area contributed by atoms with Gasteiger partial charge in [-0.05, 0) is 38.3 Å². The van der Waals surface area contributed by atoms with E-state index < -0.39 is 0 Å². The SMILES string of the molecule is CCC(=O)NCCCN1CCC[C@@H](C)C1. The Kier molecular flexibility index (Phi) is 5.69. The highest BCUT2D eigenvalue weighted by atomic mass is 16.1. The van der Waals surface area contributed by atoms with Crippen molar-refractivity contribution in [2.24, 2.45) is 5.92 Å². The largest absolute Gasteiger partial charge is 0.356 e. The van der Waals surface area contributed by atoms with Crippen LogP contribution in [0.2, 0.25) is 0 Å². The molecular weight excluding hydrogens is 188 g/mol. The predicted molar refractivity (Wildman–Crippen MR) is 62.8 cm³/mol. The van der Waals surface area contributed by atoms with Gasteiger partial charge in [-0.25, -0.2) is 0 Å². The summed E-state index contributed by atoms with van der Waals surface area (Å²) in [6.07, 6.45) is 4.39. The van der Waals surface area contributed by atoms with Crippen LogP contribution in [0.15, 0.2) is 0 Å². The van der Waals surface area contributed by atoms with Gasteiger partial charge in [-0.15, -0.1) is 0 Å². The Bertz CT molecular complexity index is 194. The summed E-state index contributed by atoms with van der Waals surface area (Å²) in [5.41, 5.74) is 0. The van der Waals surface area contributed by atoms with Gasteiger partial charge in [0.05, 0.1) is 0 Å². The number of nitrogens with zero attached hydrogens (tertiary/aromatic N) is 1. The Hall–Kier alpha value is -0.570. The first-order chi connectivity index (χ1) is 7.22. The lowest BCUT2D eigenvalue weighted by Gasteiger charge is -2.30. The van der Waals surface area contributed by atoms with Crippen molar-refractivity contribution in [2.45, 2.75) is 39.5 Å². The Balaban J connectivity index is 2.02. The van der Waals surface area contributed by atoms with Crippen molar-refractivity contribution in [3.05, 3.63) is 0 Å². The number of hydrogen-bond acceptors (Lipinski definition) is 2. The van der Waals surface area contributed by atoms with E-state index in [1.54, 1.807) is 0 Å². The maximum absolute atomic E-state index is 11.0. The van der Waals surface area contributed by atoms with E-state index in [-0.39, 0.29) is 5.91 Å². The number of rotatable bonds is 5. The first kappa shape index (κ1) is 12.5. The Morgan fingerprint density at radius 3 is 3.00 bits per heavy atom. The van der Waals surface area contributed by atoms with Gasteiger partial charge in [-0.1, -0.05) is 13.8 Å². The zero-order valence-corrected chi connectivity index (χ0v) is 10.1. The number of piperidine rings is 1. The maximum Gasteiger partial charge on any atom is 0.219 e. The topological polar surface area (TPSA) is 32.3 Å². The zero-order valence-electron chi connectivity index (χ0n) is 10.1. The minimum Gasteiger partial charge on any atom is -0.356 e.